The van der Waals surface area contributed by atoms with E-state index in [1.807, 2.05) is 42.6 Å². The van der Waals surface area contributed by atoms with Gasteiger partial charge in [0.2, 0.25) is 0 Å². The molecule has 0 aliphatic rings. The van der Waals surface area contributed by atoms with Crippen LogP contribution in [0.15, 0.2) is 71.8 Å². The topological polar surface area (TPSA) is 89.9 Å². The fraction of sp³-hybridized carbons (Fsp3) is 0.182. The van der Waals surface area contributed by atoms with Gasteiger partial charge in [-0.15, -0.1) is 0 Å². The summed E-state index contributed by atoms with van der Waals surface area (Å²) in [6.07, 6.45) is 3.72. The van der Waals surface area contributed by atoms with E-state index in [2.05, 4.69) is 15.1 Å². The molecule has 4 aromatic rings. The number of benzene rings is 2. The van der Waals surface area contributed by atoms with Crippen molar-refractivity contribution < 1.29 is 9.53 Å². The first-order valence-corrected chi connectivity index (χ1v) is 9.37. The molecule has 7 heteroatoms. The summed E-state index contributed by atoms with van der Waals surface area (Å²) in [5.41, 5.74) is 2.22. The van der Waals surface area contributed by atoms with Crippen molar-refractivity contribution >= 4 is 16.9 Å². The second-order valence-electron chi connectivity index (χ2n) is 6.73. The first-order valence-electron chi connectivity index (χ1n) is 9.37. The SMILES string of the molecule is CC(OC(=O)CCc1cnn(-c2ccccc2)c1)c1nc2ccccc2c(=O)[nH]1. The van der Waals surface area contributed by atoms with Gasteiger partial charge in [-0.25, -0.2) is 9.67 Å². The quantitative estimate of drug-likeness (QED) is 0.512. The van der Waals surface area contributed by atoms with Crippen LogP contribution in [0.3, 0.4) is 0 Å². The molecule has 0 saturated heterocycles. The van der Waals surface area contributed by atoms with Gasteiger partial charge in [0.15, 0.2) is 11.9 Å². The minimum absolute atomic E-state index is 0.211. The smallest absolute Gasteiger partial charge is 0.306 e. The Balaban J connectivity index is 1.38. The van der Waals surface area contributed by atoms with E-state index in [1.54, 1.807) is 36.0 Å². The molecular weight excluding hydrogens is 368 g/mol. The van der Waals surface area contributed by atoms with Crippen LogP contribution in [0.5, 0.6) is 0 Å². The number of aryl methyl sites for hydroxylation is 1. The summed E-state index contributed by atoms with van der Waals surface area (Å²) in [5.74, 6) is -0.0280. The molecule has 0 fully saturated rings. The number of esters is 1. The van der Waals surface area contributed by atoms with Crippen molar-refractivity contribution in [1.82, 2.24) is 19.7 Å². The monoisotopic (exact) mass is 388 g/mol. The number of fused-ring (bicyclic) bond motifs is 1. The number of nitrogens with zero attached hydrogens (tertiary/aromatic N) is 3. The Labute approximate surface area is 167 Å². The fourth-order valence-corrected chi connectivity index (χ4v) is 3.07. The van der Waals surface area contributed by atoms with Crippen LogP contribution < -0.4 is 5.56 Å². The number of aromatic amines is 1. The van der Waals surface area contributed by atoms with Crippen LogP contribution in [0.4, 0.5) is 0 Å². The van der Waals surface area contributed by atoms with E-state index in [0.717, 1.165) is 11.3 Å². The molecule has 0 radical (unpaired) electrons. The molecular formula is C22H20N4O3. The lowest BCUT2D eigenvalue weighted by Gasteiger charge is -2.13. The van der Waals surface area contributed by atoms with Gasteiger partial charge in [0.05, 0.1) is 22.8 Å². The van der Waals surface area contributed by atoms with E-state index < -0.39 is 6.10 Å². The number of hydrogen-bond acceptors (Lipinski definition) is 5. The first-order chi connectivity index (χ1) is 14.1. The summed E-state index contributed by atoms with van der Waals surface area (Å²) in [6.45, 7) is 1.69. The number of hydrogen-bond donors (Lipinski definition) is 1. The third-order valence-electron chi connectivity index (χ3n) is 4.60. The minimum atomic E-state index is -0.646. The molecule has 146 valence electrons. The molecule has 0 aliphatic heterocycles. The van der Waals surface area contributed by atoms with Crippen molar-refractivity contribution in [2.45, 2.75) is 25.9 Å². The van der Waals surface area contributed by atoms with Crippen LogP contribution in [0.25, 0.3) is 16.6 Å². The van der Waals surface area contributed by atoms with Gasteiger partial charge in [-0.3, -0.25) is 9.59 Å². The van der Waals surface area contributed by atoms with Crippen LogP contribution in [0.1, 0.15) is 30.8 Å². The number of para-hydroxylation sites is 2. The lowest BCUT2D eigenvalue weighted by Crippen LogP contribution is -2.17. The summed E-state index contributed by atoms with van der Waals surface area (Å²) in [4.78, 5) is 31.5. The number of carbonyl (C=O) groups excluding carboxylic acids is 1. The number of ether oxygens (including phenoxy) is 1. The highest BCUT2D eigenvalue weighted by Crippen LogP contribution is 2.16. The van der Waals surface area contributed by atoms with E-state index in [-0.39, 0.29) is 17.9 Å². The zero-order valence-electron chi connectivity index (χ0n) is 15.9. The highest BCUT2D eigenvalue weighted by Gasteiger charge is 2.16. The molecule has 0 bridgehead atoms. The van der Waals surface area contributed by atoms with Crippen LogP contribution in [-0.4, -0.2) is 25.7 Å². The second-order valence-corrected chi connectivity index (χ2v) is 6.73. The van der Waals surface area contributed by atoms with Crippen molar-refractivity contribution in [2.24, 2.45) is 0 Å². The number of nitrogens with one attached hydrogen (secondary N) is 1. The maximum Gasteiger partial charge on any atom is 0.306 e. The van der Waals surface area contributed by atoms with Crippen molar-refractivity contribution in [1.29, 1.82) is 0 Å². The summed E-state index contributed by atoms with van der Waals surface area (Å²) in [6, 6.07) is 16.8. The Morgan fingerprint density at radius 1 is 1.14 bits per heavy atom. The molecule has 7 nitrogen and oxygen atoms in total. The fourth-order valence-electron chi connectivity index (χ4n) is 3.07. The number of H-pyrrole nitrogens is 1. The Bertz CT molecular complexity index is 1200. The van der Waals surface area contributed by atoms with Crippen LogP contribution >= 0.6 is 0 Å². The van der Waals surface area contributed by atoms with Gasteiger partial charge < -0.3 is 9.72 Å². The molecule has 0 amide bonds. The van der Waals surface area contributed by atoms with E-state index in [9.17, 15) is 9.59 Å². The summed E-state index contributed by atoms with van der Waals surface area (Å²) >= 11 is 0. The largest absolute Gasteiger partial charge is 0.454 e. The Hall–Kier alpha value is -3.74. The molecule has 2 aromatic carbocycles. The normalized spacial score (nSPS) is 12.0. The van der Waals surface area contributed by atoms with E-state index >= 15 is 0 Å². The van der Waals surface area contributed by atoms with Crippen LogP contribution in [-0.2, 0) is 16.0 Å². The van der Waals surface area contributed by atoms with Gasteiger partial charge in [0.1, 0.15) is 0 Å². The Kier molecular flexibility index (Phi) is 5.20. The average molecular weight is 388 g/mol. The van der Waals surface area contributed by atoms with Crippen LogP contribution in [0, 0.1) is 0 Å². The van der Waals surface area contributed by atoms with Gasteiger partial charge in [-0.1, -0.05) is 30.3 Å². The third-order valence-corrected chi connectivity index (χ3v) is 4.60. The molecule has 0 aliphatic carbocycles. The number of rotatable bonds is 6. The maximum absolute atomic E-state index is 12.3. The molecule has 0 spiro atoms. The van der Waals surface area contributed by atoms with Gasteiger partial charge in [0.25, 0.3) is 5.56 Å². The van der Waals surface area contributed by atoms with Gasteiger partial charge in [0, 0.05) is 12.6 Å². The molecule has 29 heavy (non-hydrogen) atoms. The molecule has 1 unspecified atom stereocenters. The van der Waals surface area contributed by atoms with Crippen molar-refractivity contribution in [3.05, 3.63) is 88.7 Å². The standard InChI is InChI=1S/C22H20N4O3/c1-15(21-24-19-10-6-5-9-18(19)22(28)25-21)29-20(27)12-11-16-13-23-26(14-16)17-7-3-2-4-8-17/h2-10,13-15H,11-12H2,1H3,(H,24,25,28). The van der Waals surface area contributed by atoms with Gasteiger partial charge in [-0.05, 0) is 43.2 Å². The summed E-state index contributed by atoms with van der Waals surface area (Å²) in [5, 5.41) is 4.83. The highest BCUT2D eigenvalue weighted by molar-refractivity contribution is 5.77. The predicted molar refractivity (Wildman–Crippen MR) is 109 cm³/mol. The second kappa shape index (κ2) is 8.10. The van der Waals surface area contributed by atoms with Crippen molar-refractivity contribution in [3.63, 3.8) is 0 Å². The van der Waals surface area contributed by atoms with Gasteiger partial charge in [-0.2, -0.15) is 5.10 Å². The molecule has 2 aromatic heterocycles. The predicted octanol–water partition coefficient (Wildman–Crippen LogP) is 3.35. The molecule has 4 rings (SSSR count). The zero-order chi connectivity index (χ0) is 20.2. The van der Waals surface area contributed by atoms with E-state index in [1.165, 1.54) is 0 Å². The number of carbonyl (C=O) groups is 1. The highest BCUT2D eigenvalue weighted by atomic mass is 16.5. The zero-order valence-corrected chi connectivity index (χ0v) is 15.9. The van der Waals surface area contributed by atoms with Crippen molar-refractivity contribution in [3.8, 4) is 5.69 Å². The van der Waals surface area contributed by atoms with E-state index in [4.69, 9.17) is 4.74 Å². The summed E-state index contributed by atoms with van der Waals surface area (Å²) < 4.78 is 7.23. The molecule has 1 N–H and O–H groups in total. The lowest BCUT2D eigenvalue weighted by atomic mass is 10.2. The lowest BCUT2D eigenvalue weighted by molar-refractivity contribution is -0.148. The third kappa shape index (κ3) is 4.24. The molecule has 0 saturated carbocycles. The van der Waals surface area contributed by atoms with Gasteiger partial charge >= 0.3 is 5.97 Å². The van der Waals surface area contributed by atoms with E-state index in [0.29, 0.717) is 23.1 Å². The molecule has 2 heterocycles. The summed E-state index contributed by atoms with van der Waals surface area (Å²) in [7, 11) is 0. The van der Waals surface area contributed by atoms with Crippen molar-refractivity contribution in [2.75, 3.05) is 0 Å². The van der Waals surface area contributed by atoms with Crippen LogP contribution in [0.2, 0.25) is 0 Å². The minimum Gasteiger partial charge on any atom is -0.454 e. The molecule has 1 atom stereocenters. The average Bonchev–Trinajstić information content (AvgIpc) is 3.22. The first kappa shape index (κ1) is 18.6. The Morgan fingerprint density at radius 2 is 1.90 bits per heavy atom. The Morgan fingerprint density at radius 3 is 2.72 bits per heavy atom. The number of aromatic nitrogens is 4. The maximum atomic E-state index is 12.3.